The van der Waals surface area contributed by atoms with Crippen LogP contribution in [0.5, 0.6) is 5.75 Å². The minimum absolute atomic E-state index is 0.00786. The van der Waals surface area contributed by atoms with Crippen LogP contribution >= 0.6 is 0 Å². The topological polar surface area (TPSA) is 170 Å². The Labute approximate surface area is 183 Å². The molecule has 10 heteroatoms. The van der Waals surface area contributed by atoms with Crippen LogP contribution in [0.3, 0.4) is 0 Å². The van der Waals surface area contributed by atoms with Gasteiger partial charge in [-0.15, -0.1) is 0 Å². The van der Waals surface area contributed by atoms with Crippen molar-refractivity contribution in [2.45, 2.75) is 37.8 Å². The number of nitrogen functional groups attached to an aromatic ring is 1. The molecular formula is C22H26FN3O6. The zero-order valence-corrected chi connectivity index (χ0v) is 17.9. The molecule has 32 heavy (non-hydrogen) atoms. The first-order chi connectivity index (χ1) is 14.7. The van der Waals surface area contributed by atoms with Crippen molar-refractivity contribution in [3.8, 4) is 5.75 Å². The third-order valence-corrected chi connectivity index (χ3v) is 7.20. The highest BCUT2D eigenvalue weighted by atomic mass is 19.1. The van der Waals surface area contributed by atoms with Gasteiger partial charge in [0.05, 0.1) is 22.9 Å². The van der Waals surface area contributed by atoms with E-state index in [9.17, 15) is 34.4 Å². The van der Waals surface area contributed by atoms with E-state index in [0.717, 1.165) is 6.07 Å². The molecule has 8 N–H and O–H groups in total. The maximum Gasteiger partial charge on any atom is 0.248 e. The number of amides is 1. The predicted molar refractivity (Wildman–Crippen MR) is 113 cm³/mol. The predicted octanol–water partition coefficient (Wildman–Crippen LogP) is 0.896. The van der Waals surface area contributed by atoms with Gasteiger partial charge >= 0.3 is 0 Å². The summed E-state index contributed by atoms with van der Waals surface area (Å²) in [5.74, 6) is -4.97. The summed E-state index contributed by atoms with van der Waals surface area (Å²) < 4.78 is 14.8. The molecule has 1 aromatic carbocycles. The number of phenolic OH excluding ortho intramolecular Hbond substituents is 1. The Hall–Kier alpha value is -3.11. The molecule has 1 saturated carbocycles. The van der Waals surface area contributed by atoms with E-state index >= 15 is 0 Å². The minimum atomic E-state index is -2.15. The highest BCUT2D eigenvalue weighted by molar-refractivity contribution is 6.11. The van der Waals surface area contributed by atoms with Crippen molar-refractivity contribution in [2.24, 2.45) is 17.1 Å². The van der Waals surface area contributed by atoms with Gasteiger partial charge in [-0.05, 0) is 26.9 Å². The summed E-state index contributed by atoms with van der Waals surface area (Å²) in [6, 6.07) is 0.0417. The lowest BCUT2D eigenvalue weighted by molar-refractivity contribution is -0.154. The van der Waals surface area contributed by atoms with Gasteiger partial charge in [0.15, 0.2) is 5.78 Å². The van der Waals surface area contributed by atoms with Gasteiger partial charge in [0.2, 0.25) is 5.91 Å². The van der Waals surface area contributed by atoms with Crippen molar-refractivity contribution < 1.29 is 34.4 Å². The number of likely N-dealkylation sites (N-methyl/N-ethyl adjacent to an activating group) is 1. The van der Waals surface area contributed by atoms with Gasteiger partial charge in [-0.1, -0.05) is 6.92 Å². The lowest BCUT2D eigenvalue weighted by Crippen LogP contribution is -2.64. The number of Topliss-reactive ketones (excluding diaryl/α,β-unsaturated/α-hetero) is 1. The molecule has 0 heterocycles. The van der Waals surface area contributed by atoms with Gasteiger partial charge in [0.1, 0.15) is 28.7 Å². The second-order valence-corrected chi connectivity index (χ2v) is 9.49. The molecule has 0 spiro atoms. The number of nitrogens with two attached hydrogens (primary N) is 2. The quantitative estimate of drug-likeness (QED) is 0.287. The van der Waals surface area contributed by atoms with E-state index in [4.69, 9.17) is 11.5 Å². The SMILES string of the molecule is CN(C)[C@@H]1C(O)=C(C(N)=O)C[C@@]2(O)C(=O)C3=C(O)c4c(O)c(N)cc(F)c4C[C@@]3(C)C[C@@H]12. The standard InChI is InChI=1S/C22H26FN3O6/c1-21-5-8-11(23)4-12(24)17(28)13(8)18(29)14(21)19(30)22(32)6-9(20(25)31)16(27)15(26(2)3)10(22)7-21/h4,10,15,27-29,32H,5-7,24H2,1-3H3,(H2,25,31)/t10-,15-,21-,22-/m0/s1. The Kier molecular flexibility index (Phi) is 4.62. The number of aromatic hydroxyl groups is 1. The van der Waals surface area contributed by atoms with Crippen LogP contribution in [0.1, 0.15) is 30.9 Å². The second-order valence-electron chi connectivity index (χ2n) is 9.49. The number of aliphatic hydroxyl groups is 3. The summed E-state index contributed by atoms with van der Waals surface area (Å²) in [5, 5.41) is 43.8. The number of aliphatic hydroxyl groups excluding tert-OH is 2. The van der Waals surface area contributed by atoms with Crippen LogP contribution in [0.2, 0.25) is 0 Å². The van der Waals surface area contributed by atoms with E-state index in [-0.39, 0.29) is 46.6 Å². The number of halogens is 1. The summed E-state index contributed by atoms with van der Waals surface area (Å²) >= 11 is 0. The number of hydrogen-bond acceptors (Lipinski definition) is 8. The first-order valence-corrected chi connectivity index (χ1v) is 10.1. The molecule has 0 aliphatic heterocycles. The lowest BCUT2D eigenvalue weighted by atomic mass is 9.52. The van der Waals surface area contributed by atoms with Gasteiger partial charge in [0, 0.05) is 35.0 Å². The maximum absolute atomic E-state index is 14.8. The molecule has 4 atom stereocenters. The molecule has 1 amide bonds. The fourth-order valence-corrected chi connectivity index (χ4v) is 5.74. The fourth-order valence-electron chi connectivity index (χ4n) is 5.74. The number of fused-ring (bicyclic) bond motifs is 3. The Morgan fingerprint density at radius 2 is 1.88 bits per heavy atom. The third kappa shape index (κ3) is 2.69. The van der Waals surface area contributed by atoms with Gasteiger partial charge in [-0.2, -0.15) is 0 Å². The average molecular weight is 447 g/mol. The molecule has 1 aromatic rings. The highest BCUT2D eigenvalue weighted by Crippen LogP contribution is 2.58. The number of carbonyl (C=O) groups excluding carboxylic acids is 2. The molecule has 1 fully saturated rings. The van der Waals surface area contributed by atoms with Crippen molar-refractivity contribution in [2.75, 3.05) is 19.8 Å². The van der Waals surface area contributed by atoms with E-state index in [1.165, 1.54) is 0 Å². The van der Waals surface area contributed by atoms with E-state index in [1.54, 1.807) is 25.9 Å². The molecule has 0 unspecified atom stereocenters. The number of rotatable bonds is 2. The minimum Gasteiger partial charge on any atom is -0.510 e. The van der Waals surface area contributed by atoms with Crippen molar-refractivity contribution >= 4 is 23.1 Å². The number of ketones is 1. The van der Waals surface area contributed by atoms with Gasteiger partial charge in [-0.25, -0.2) is 4.39 Å². The first-order valence-electron chi connectivity index (χ1n) is 10.1. The Morgan fingerprint density at radius 1 is 1.25 bits per heavy atom. The zero-order chi connectivity index (χ0) is 23.9. The van der Waals surface area contributed by atoms with Crippen molar-refractivity contribution in [1.29, 1.82) is 0 Å². The molecule has 0 radical (unpaired) electrons. The molecule has 3 aliphatic carbocycles. The number of carbonyl (C=O) groups is 2. The monoisotopic (exact) mass is 447 g/mol. The van der Waals surface area contributed by atoms with Crippen molar-refractivity contribution in [3.63, 3.8) is 0 Å². The van der Waals surface area contributed by atoms with Crippen LogP contribution in [0.25, 0.3) is 5.76 Å². The number of benzene rings is 1. The normalized spacial score (nSPS) is 32.0. The second kappa shape index (κ2) is 6.69. The van der Waals surface area contributed by atoms with Crippen LogP contribution in [0, 0.1) is 17.2 Å². The molecule has 172 valence electrons. The number of phenols is 1. The number of hydrogen-bond donors (Lipinski definition) is 6. The van der Waals surface area contributed by atoms with E-state index in [0.29, 0.717) is 0 Å². The molecule has 9 nitrogen and oxygen atoms in total. The summed E-state index contributed by atoms with van der Waals surface area (Å²) in [6.07, 6.45) is -0.496. The zero-order valence-electron chi connectivity index (χ0n) is 17.9. The Bertz CT molecular complexity index is 1140. The molecule has 0 aromatic heterocycles. The maximum atomic E-state index is 14.8. The van der Waals surface area contributed by atoms with Crippen LogP contribution in [0.4, 0.5) is 10.1 Å². The molecular weight excluding hydrogens is 421 g/mol. The summed E-state index contributed by atoms with van der Waals surface area (Å²) in [7, 11) is 3.25. The third-order valence-electron chi connectivity index (χ3n) is 7.20. The summed E-state index contributed by atoms with van der Waals surface area (Å²) in [6.45, 7) is 1.66. The smallest absolute Gasteiger partial charge is 0.248 e. The molecule has 0 saturated heterocycles. The Morgan fingerprint density at radius 3 is 2.44 bits per heavy atom. The van der Waals surface area contributed by atoms with Crippen LogP contribution in [-0.2, 0) is 16.0 Å². The number of anilines is 1. The largest absolute Gasteiger partial charge is 0.510 e. The average Bonchev–Trinajstić information content (AvgIpc) is 2.67. The van der Waals surface area contributed by atoms with E-state index in [2.05, 4.69) is 0 Å². The van der Waals surface area contributed by atoms with Crippen molar-refractivity contribution in [3.05, 3.63) is 39.9 Å². The van der Waals surface area contributed by atoms with Crippen LogP contribution < -0.4 is 11.5 Å². The van der Waals surface area contributed by atoms with Gasteiger partial charge in [-0.3, -0.25) is 14.5 Å². The molecule has 4 rings (SSSR count). The molecule has 3 aliphatic rings. The van der Waals surface area contributed by atoms with Gasteiger partial charge < -0.3 is 31.9 Å². The van der Waals surface area contributed by atoms with Crippen molar-refractivity contribution in [1.82, 2.24) is 4.90 Å². The van der Waals surface area contributed by atoms with E-state index in [1.807, 2.05) is 0 Å². The van der Waals surface area contributed by atoms with E-state index < -0.39 is 58.4 Å². The lowest BCUT2D eigenvalue weighted by Gasteiger charge is -2.54. The highest BCUT2D eigenvalue weighted by Gasteiger charge is 2.63. The van der Waals surface area contributed by atoms with Crippen LogP contribution in [-0.4, -0.2) is 62.8 Å². The first kappa shape index (κ1) is 22.1. The summed E-state index contributed by atoms with van der Waals surface area (Å²) in [4.78, 5) is 27.3. The van der Waals surface area contributed by atoms with Gasteiger partial charge in [0.25, 0.3) is 0 Å². The fraction of sp³-hybridized carbons (Fsp3) is 0.455. The number of nitrogens with zero attached hydrogens (tertiary/aromatic N) is 1. The molecule has 0 bridgehead atoms. The van der Waals surface area contributed by atoms with Crippen LogP contribution in [0.15, 0.2) is 23.0 Å². The number of primary amides is 1. The Balaban J connectivity index is 1.98. The summed E-state index contributed by atoms with van der Waals surface area (Å²) in [5.41, 5.74) is 6.76.